The van der Waals surface area contributed by atoms with Gasteiger partial charge in [0.2, 0.25) is 0 Å². The van der Waals surface area contributed by atoms with E-state index in [4.69, 9.17) is 17.0 Å². The number of anilines is 1. The second kappa shape index (κ2) is 6.63. The average Bonchev–Trinajstić information content (AvgIpc) is 3.12. The minimum absolute atomic E-state index is 0.0990. The minimum atomic E-state index is -0.0990. The molecule has 3 aromatic rings. The van der Waals surface area contributed by atoms with E-state index in [1.165, 1.54) is 11.8 Å². The zero-order valence-electron chi connectivity index (χ0n) is 14.3. The first kappa shape index (κ1) is 16.9. The Balaban J connectivity index is 1.71. The number of nitrogens with zero attached hydrogens (tertiary/aromatic N) is 2. The fourth-order valence-electron chi connectivity index (χ4n) is 3.05. The number of hydrogen-bond donors (Lipinski definition) is 0. The Kier molecular flexibility index (Phi) is 4.30. The first-order valence-corrected chi connectivity index (χ1v) is 9.27. The molecule has 0 radical (unpaired) electrons. The lowest BCUT2D eigenvalue weighted by atomic mass is 10.1. The largest absolute Gasteiger partial charge is 0.497 e. The summed E-state index contributed by atoms with van der Waals surface area (Å²) in [4.78, 5) is 15.1. The highest BCUT2D eigenvalue weighted by Gasteiger charge is 2.33. The van der Waals surface area contributed by atoms with E-state index in [9.17, 15) is 4.79 Å². The third-order valence-electron chi connectivity index (χ3n) is 4.34. The number of aryl methyl sites for hydroxylation is 1. The highest BCUT2D eigenvalue weighted by Crippen LogP contribution is 2.37. The molecule has 0 N–H and O–H groups in total. The summed E-state index contributed by atoms with van der Waals surface area (Å²) in [6, 6.07) is 15.5. The predicted molar refractivity (Wildman–Crippen MR) is 112 cm³/mol. The van der Waals surface area contributed by atoms with Crippen molar-refractivity contribution in [3.63, 3.8) is 0 Å². The topological polar surface area (TPSA) is 34.5 Å². The van der Waals surface area contributed by atoms with Crippen molar-refractivity contribution in [1.82, 2.24) is 4.57 Å². The molecule has 4 rings (SSSR count). The summed E-state index contributed by atoms with van der Waals surface area (Å²) >= 11 is 6.77. The Labute approximate surface area is 161 Å². The molecule has 4 nitrogen and oxygen atoms in total. The van der Waals surface area contributed by atoms with Gasteiger partial charge in [-0.15, -0.1) is 0 Å². The molecule has 0 aliphatic carbocycles. The van der Waals surface area contributed by atoms with Crippen LogP contribution in [0, 0.1) is 0 Å². The van der Waals surface area contributed by atoms with E-state index in [1.807, 2.05) is 55.7 Å². The summed E-state index contributed by atoms with van der Waals surface area (Å²) < 4.78 is 7.77. The Hall–Kier alpha value is -2.57. The second-order valence-electron chi connectivity index (χ2n) is 5.93. The lowest BCUT2D eigenvalue weighted by molar-refractivity contribution is -0.113. The Morgan fingerprint density at radius 2 is 1.85 bits per heavy atom. The van der Waals surface area contributed by atoms with Crippen LogP contribution >= 0.6 is 24.0 Å². The molecule has 6 heteroatoms. The summed E-state index contributed by atoms with van der Waals surface area (Å²) in [6.07, 6.45) is 3.95. The molecule has 1 amide bonds. The molecule has 0 atom stereocenters. The molecule has 1 fully saturated rings. The molecular formula is C20H16N2O2S2. The van der Waals surface area contributed by atoms with Gasteiger partial charge in [0.15, 0.2) is 4.32 Å². The van der Waals surface area contributed by atoms with Crippen LogP contribution in [0.5, 0.6) is 5.75 Å². The van der Waals surface area contributed by atoms with Gasteiger partial charge in [-0.1, -0.05) is 42.2 Å². The number of hydrogen-bond acceptors (Lipinski definition) is 4. The number of amides is 1. The quantitative estimate of drug-likeness (QED) is 0.492. The molecule has 1 aliphatic heterocycles. The molecule has 2 heterocycles. The van der Waals surface area contributed by atoms with Crippen molar-refractivity contribution in [3.8, 4) is 5.75 Å². The van der Waals surface area contributed by atoms with Gasteiger partial charge in [0.05, 0.1) is 17.7 Å². The van der Waals surface area contributed by atoms with E-state index in [-0.39, 0.29) is 5.91 Å². The highest BCUT2D eigenvalue weighted by molar-refractivity contribution is 8.27. The number of thiocarbonyl (C=S) groups is 1. The normalized spacial score (nSPS) is 16.1. The van der Waals surface area contributed by atoms with Crippen molar-refractivity contribution in [1.29, 1.82) is 0 Å². The second-order valence-corrected chi connectivity index (χ2v) is 7.60. The van der Waals surface area contributed by atoms with Crippen LogP contribution in [0.1, 0.15) is 5.56 Å². The van der Waals surface area contributed by atoms with E-state index in [2.05, 4.69) is 16.7 Å². The fraction of sp³-hybridized carbons (Fsp3) is 0.100. The predicted octanol–water partition coefficient (Wildman–Crippen LogP) is 4.59. The average molecular weight is 380 g/mol. The van der Waals surface area contributed by atoms with E-state index < -0.39 is 0 Å². The molecular weight excluding hydrogens is 364 g/mol. The number of fused-ring (bicyclic) bond motifs is 1. The van der Waals surface area contributed by atoms with Gasteiger partial charge in [-0.2, -0.15) is 0 Å². The molecule has 130 valence electrons. The molecule has 1 aromatic heterocycles. The third-order valence-corrected chi connectivity index (χ3v) is 5.64. The van der Waals surface area contributed by atoms with Crippen molar-refractivity contribution < 1.29 is 9.53 Å². The van der Waals surface area contributed by atoms with Crippen molar-refractivity contribution in [2.24, 2.45) is 7.05 Å². The third kappa shape index (κ3) is 2.81. The van der Waals surface area contributed by atoms with Crippen molar-refractivity contribution in [2.75, 3.05) is 12.0 Å². The summed E-state index contributed by atoms with van der Waals surface area (Å²) in [7, 11) is 3.61. The standard InChI is InChI=1S/C20H16N2O2S2/c1-21-12-13(16-5-3-4-6-17(16)21)11-18-19(23)22(20(25)26-18)14-7-9-15(24-2)10-8-14/h3-12H,1-2H3. The first-order valence-electron chi connectivity index (χ1n) is 8.04. The molecule has 1 aliphatic rings. The fourth-order valence-corrected chi connectivity index (χ4v) is 4.34. The summed E-state index contributed by atoms with van der Waals surface area (Å²) in [5.41, 5.74) is 2.89. The summed E-state index contributed by atoms with van der Waals surface area (Å²) in [6.45, 7) is 0. The van der Waals surface area contributed by atoms with Gasteiger partial charge in [-0.05, 0) is 36.4 Å². The number of thioether (sulfide) groups is 1. The van der Waals surface area contributed by atoms with Gasteiger partial charge in [-0.3, -0.25) is 9.69 Å². The number of ether oxygens (including phenoxy) is 1. The smallest absolute Gasteiger partial charge is 0.270 e. The molecule has 0 bridgehead atoms. The Morgan fingerprint density at radius 1 is 1.12 bits per heavy atom. The lowest BCUT2D eigenvalue weighted by Crippen LogP contribution is -2.27. The SMILES string of the molecule is COc1ccc(N2C(=O)C(=Cc3cn(C)c4ccccc34)SC2=S)cc1. The van der Waals surface area contributed by atoms with Crippen LogP contribution in [0.4, 0.5) is 5.69 Å². The molecule has 2 aromatic carbocycles. The van der Waals surface area contributed by atoms with E-state index >= 15 is 0 Å². The number of rotatable bonds is 3. The van der Waals surface area contributed by atoms with Gasteiger partial charge in [0.25, 0.3) is 5.91 Å². The maximum atomic E-state index is 12.9. The molecule has 26 heavy (non-hydrogen) atoms. The maximum absolute atomic E-state index is 12.9. The zero-order chi connectivity index (χ0) is 18.3. The maximum Gasteiger partial charge on any atom is 0.270 e. The molecule has 0 saturated carbocycles. The number of benzene rings is 2. The summed E-state index contributed by atoms with van der Waals surface area (Å²) in [5, 5.41) is 1.12. The van der Waals surface area contributed by atoms with Crippen LogP contribution in [-0.4, -0.2) is 21.9 Å². The van der Waals surface area contributed by atoms with Crippen LogP contribution in [-0.2, 0) is 11.8 Å². The first-order chi connectivity index (χ1) is 12.6. The van der Waals surface area contributed by atoms with Crippen LogP contribution in [0.15, 0.2) is 59.6 Å². The van der Waals surface area contributed by atoms with Gasteiger partial charge >= 0.3 is 0 Å². The molecule has 1 saturated heterocycles. The van der Waals surface area contributed by atoms with Crippen molar-refractivity contribution >= 4 is 56.9 Å². The van der Waals surface area contributed by atoms with E-state index in [0.717, 1.165) is 27.9 Å². The van der Waals surface area contributed by atoms with E-state index in [1.54, 1.807) is 12.0 Å². The number of aromatic nitrogens is 1. The van der Waals surface area contributed by atoms with Gasteiger partial charge in [-0.25, -0.2) is 0 Å². The minimum Gasteiger partial charge on any atom is -0.497 e. The lowest BCUT2D eigenvalue weighted by Gasteiger charge is -2.14. The van der Waals surface area contributed by atoms with Crippen LogP contribution in [0.25, 0.3) is 17.0 Å². The highest BCUT2D eigenvalue weighted by atomic mass is 32.2. The zero-order valence-corrected chi connectivity index (χ0v) is 15.9. The van der Waals surface area contributed by atoms with E-state index in [0.29, 0.717) is 9.23 Å². The van der Waals surface area contributed by atoms with Gasteiger partial charge in [0.1, 0.15) is 5.75 Å². The number of carbonyl (C=O) groups is 1. The Morgan fingerprint density at radius 3 is 2.58 bits per heavy atom. The number of carbonyl (C=O) groups excluding carboxylic acids is 1. The van der Waals surface area contributed by atoms with Gasteiger partial charge in [0, 0.05) is 29.7 Å². The van der Waals surface area contributed by atoms with Crippen LogP contribution < -0.4 is 9.64 Å². The van der Waals surface area contributed by atoms with Crippen molar-refractivity contribution in [2.45, 2.75) is 0 Å². The van der Waals surface area contributed by atoms with Gasteiger partial charge < -0.3 is 9.30 Å². The number of methoxy groups -OCH3 is 1. The number of para-hydroxylation sites is 1. The van der Waals surface area contributed by atoms with Crippen molar-refractivity contribution in [3.05, 3.63) is 65.2 Å². The monoisotopic (exact) mass is 380 g/mol. The summed E-state index contributed by atoms with van der Waals surface area (Å²) in [5.74, 6) is 0.642. The van der Waals surface area contributed by atoms with Crippen LogP contribution in [0.2, 0.25) is 0 Å². The Bertz CT molecular complexity index is 1050. The van der Waals surface area contributed by atoms with Crippen LogP contribution in [0.3, 0.4) is 0 Å². The molecule has 0 spiro atoms. The molecule has 0 unspecified atom stereocenters.